The molecule has 0 unspecified atom stereocenters. The summed E-state index contributed by atoms with van der Waals surface area (Å²) in [5.74, 6) is 0.110. The first-order valence-electron chi connectivity index (χ1n) is 19.3. The van der Waals surface area contributed by atoms with Gasteiger partial charge in [0, 0.05) is 43.3 Å². The number of piperidine rings is 1. The van der Waals surface area contributed by atoms with Gasteiger partial charge < -0.3 is 29.7 Å². The van der Waals surface area contributed by atoms with Crippen LogP contribution >= 0.6 is 0 Å². The minimum atomic E-state index is -3.65. The zero-order chi connectivity index (χ0) is 38.7. The molecule has 3 fully saturated rings. The first kappa shape index (κ1) is 38.0. The number of rotatable bonds is 11. The Labute approximate surface area is 329 Å². The number of anilines is 1. The fraction of sp³-hybridized carbons (Fsp3) is 0.311. The number of benzene rings is 5. The molecule has 0 saturated carbocycles. The molecule has 3 heterocycles. The molecule has 0 radical (unpaired) electrons. The quantitative estimate of drug-likeness (QED) is 0.139. The van der Waals surface area contributed by atoms with Crippen LogP contribution in [0.25, 0.3) is 11.1 Å². The van der Waals surface area contributed by atoms with Crippen molar-refractivity contribution in [1.82, 2.24) is 14.9 Å². The Morgan fingerprint density at radius 3 is 2.18 bits per heavy atom. The number of carbonyl (C=O) groups is 1. The molecule has 0 bridgehead atoms. The smallest absolute Gasteiger partial charge is 0.247 e. The van der Waals surface area contributed by atoms with Crippen LogP contribution in [-0.4, -0.2) is 62.3 Å². The third kappa shape index (κ3) is 7.88. The highest BCUT2D eigenvalue weighted by Gasteiger charge is 2.51. The zero-order valence-electron chi connectivity index (χ0n) is 31.5. The average Bonchev–Trinajstić information content (AvgIpc) is 3.56. The molecular weight excluding hydrogens is 725 g/mol. The van der Waals surface area contributed by atoms with Gasteiger partial charge in [-0.05, 0) is 77.1 Å². The Hall–Kier alpha value is -4.88. The SMILES string of the molecule is C[C@H]1[C@@H](CN2CCC3(CC2)C(=O)NCN3c2ccccc2)O[C@@H](c2cccc(-c3cccc(CNS(=O)(=O)c4ccccc4)c3)c2)O[C@H]1c1ccc(CO)cc1. The molecule has 1 spiro atoms. The molecule has 5 aromatic carbocycles. The van der Waals surface area contributed by atoms with Crippen LogP contribution in [0, 0.1) is 5.92 Å². The van der Waals surface area contributed by atoms with Gasteiger partial charge in [0.1, 0.15) is 5.54 Å². The average molecular weight is 773 g/mol. The zero-order valence-corrected chi connectivity index (χ0v) is 32.3. The van der Waals surface area contributed by atoms with Crippen LogP contribution < -0.4 is 14.9 Å². The highest BCUT2D eigenvalue weighted by molar-refractivity contribution is 7.89. The number of sulfonamides is 1. The summed E-state index contributed by atoms with van der Waals surface area (Å²) in [6.45, 7) is 5.03. The molecular formula is C45H48N4O6S. The molecule has 3 aliphatic heterocycles. The van der Waals surface area contributed by atoms with Crippen LogP contribution in [0.3, 0.4) is 0 Å². The second-order valence-corrected chi connectivity index (χ2v) is 16.8. The van der Waals surface area contributed by atoms with Crippen LogP contribution in [0.1, 0.15) is 54.4 Å². The van der Waals surface area contributed by atoms with E-state index in [2.05, 4.69) is 45.0 Å². The van der Waals surface area contributed by atoms with Gasteiger partial charge in [0.2, 0.25) is 15.9 Å². The number of likely N-dealkylation sites (tertiary alicyclic amines) is 1. The van der Waals surface area contributed by atoms with Crippen LogP contribution in [0.15, 0.2) is 138 Å². The lowest BCUT2D eigenvalue weighted by Gasteiger charge is -2.46. The van der Waals surface area contributed by atoms with Gasteiger partial charge in [-0.25, -0.2) is 13.1 Å². The molecule has 0 aliphatic carbocycles. The summed E-state index contributed by atoms with van der Waals surface area (Å²) in [5.41, 5.74) is 5.97. The maximum absolute atomic E-state index is 13.3. The van der Waals surface area contributed by atoms with Gasteiger partial charge >= 0.3 is 0 Å². The van der Waals surface area contributed by atoms with E-state index in [1.807, 2.05) is 84.9 Å². The highest BCUT2D eigenvalue weighted by atomic mass is 32.2. The molecule has 8 rings (SSSR count). The van der Waals surface area contributed by atoms with E-state index in [-0.39, 0.29) is 42.1 Å². The molecule has 290 valence electrons. The second kappa shape index (κ2) is 16.3. The topological polar surface area (TPSA) is 120 Å². The third-order valence-electron chi connectivity index (χ3n) is 11.6. The van der Waals surface area contributed by atoms with Crippen molar-refractivity contribution in [1.29, 1.82) is 0 Å². The van der Waals surface area contributed by atoms with E-state index in [1.165, 1.54) is 0 Å². The summed E-state index contributed by atoms with van der Waals surface area (Å²) >= 11 is 0. The maximum Gasteiger partial charge on any atom is 0.247 e. The fourth-order valence-corrected chi connectivity index (χ4v) is 9.35. The summed E-state index contributed by atoms with van der Waals surface area (Å²) in [6, 6.07) is 42.5. The normalized spacial score (nSPS) is 22.6. The van der Waals surface area contributed by atoms with Crippen molar-refractivity contribution in [3.05, 3.63) is 156 Å². The summed E-state index contributed by atoms with van der Waals surface area (Å²) in [7, 11) is -3.65. The molecule has 10 nitrogen and oxygen atoms in total. The molecule has 3 saturated heterocycles. The lowest BCUT2D eigenvalue weighted by atomic mass is 9.84. The van der Waals surface area contributed by atoms with Crippen LogP contribution in [0.5, 0.6) is 0 Å². The van der Waals surface area contributed by atoms with E-state index in [4.69, 9.17) is 9.47 Å². The number of carbonyl (C=O) groups excluding carboxylic acids is 1. The molecule has 1 amide bonds. The number of nitrogens with zero attached hydrogens (tertiary/aromatic N) is 2. The van der Waals surface area contributed by atoms with Crippen molar-refractivity contribution in [2.45, 2.75) is 61.8 Å². The van der Waals surface area contributed by atoms with E-state index < -0.39 is 21.9 Å². The van der Waals surface area contributed by atoms with Crippen molar-refractivity contribution >= 4 is 21.6 Å². The lowest BCUT2D eigenvalue weighted by molar-refractivity contribution is -0.276. The molecule has 3 aliphatic rings. The van der Waals surface area contributed by atoms with E-state index >= 15 is 0 Å². The maximum atomic E-state index is 13.3. The van der Waals surface area contributed by atoms with Gasteiger partial charge in [0.15, 0.2) is 6.29 Å². The van der Waals surface area contributed by atoms with Crippen LogP contribution in [0.4, 0.5) is 5.69 Å². The largest absolute Gasteiger partial charge is 0.392 e. The summed E-state index contributed by atoms with van der Waals surface area (Å²) < 4.78 is 42.2. The van der Waals surface area contributed by atoms with Crippen molar-refractivity contribution in [2.75, 3.05) is 31.2 Å². The molecule has 3 N–H and O–H groups in total. The molecule has 4 atom stereocenters. The summed E-state index contributed by atoms with van der Waals surface area (Å²) in [6.07, 6.45) is 0.356. The second-order valence-electron chi connectivity index (χ2n) is 15.0. The first-order chi connectivity index (χ1) is 27.2. The first-order valence-corrected chi connectivity index (χ1v) is 20.8. The minimum Gasteiger partial charge on any atom is -0.392 e. The number of ether oxygens (including phenoxy) is 2. The van der Waals surface area contributed by atoms with Gasteiger partial charge in [-0.2, -0.15) is 0 Å². The number of hydrogen-bond donors (Lipinski definition) is 3. The predicted octanol–water partition coefficient (Wildman–Crippen LogP) is 6.54. The highest BCUT2D eigenvalue weighted by Crippen LogP contribution is 2.43. The molecule has 0 aromatic heterocycles. The van der Waals surface area contributed by atoms with Crippen molar-refractivity contribution in [2.24, 2.45) is 5.92 Å². The monoisotopic (exact) mass is 772 g/mol. The van der Waals surface area contributed by atoms with E-state index in [1.54, 1.807) is 30.3 Å². The number of hydrogen-bond acceptors (Lipinski definition) is 8. The van der Waals surface area contributed by atoms with Gasteiger partial charge in [-0.3, -0.25) is 4.79 Å². The number of aliphatic hydroxyl groups excluding tert-OH is 1. The Morgan fingerprint density at radius 1 is 0.786 bits per heavy atom. The molecule has 11 heteroatoms. The third-order valence-corrected chi connectivity index (χ3v) is 13.0. The Bertz CT molecular complexity index is 2230. The number of nitrogens with one attached hydrogen (secondary N) is 2. The summed E-state index contributed by atoms with van der Waals surface area (Å²) in [5, 5.41) is 12.8. The lowest BCUT2D eigenvalue weighted by Crippen LogP contribution is -2.57. The van der Waals surface area contributed by atoms with E-state index in [0.717, 1.165) is 65.0 Å². The standard InChI is InChI=1S/C45H48N4O6S/c1-32-41(29-48-24-22-45(23-25-48)44(51)46-31-49(45)39-14-4-2-5-15-39)54-43(55-42(32)35-20-18-33(30-50)19-21-35)38-13-9-12-37(27-38)36-11-8-10-34(26-36)28-47-56(52,53)40-16-6-3-7-17-40/h2-21,26-27,32,41-43,47,50H,22-25,28-31H2,1H3,(H,46,51)/t32-,41+,42+,43+/m0/s1. The molecule has 56 heavy (non-hydrogen) atoms. The van der Waals surface area contributed by atoms with Gasteiger partial charge in [-0.15, -0.1) is 0 Å². The predicted molar refractivity (Wildman–Crippen MR) is 216 cm³/mol. The fourth-order valence-electron chi connectivity index (χ4n) is 8.31. The number of amides is 1. The van der Waals surface area contributed by atoms with Crippen LogP contribution in [-0.2, 0) is 37.4 Å². The Kier molecular flexibility index (Phi) is 11.1. The number of aliphatic hydroxyl groups is 1. The molecule has 5 aromatic rings. The van der Waals surface area contributed by atoms with Crippen LogP contribution in [0.2, 0.25) is 0 Å². The Balaban J connectivity index is 1.01. The van der Waals surface area contributed by atoms with Crippen molar-refractivity contribution < 1.29 is 27.8 Å². The van der Waals surface area contributed by atoms with Gasteiger partial charge in [0.05, 0.1) is 30.4 Å². The van der Waals surface area contributed by atoms with Gasteiger partial charge in [-0.1, -0.05) is 104 Å². The van der Waals surface area contributed by atoms with E-state index in [0.29, 0.717) is 13.2 Å². The van der Waals surface area contributed by atoms with Gasteiger partial charge in [0.25, 0.3) is 0 Å². The van der Waals surface area contributed by atoms with Crippen molar-refractivity contribution in [3.8, 4) is 11.1 Å². The van der Waals surface area contributed by atoms with Crippen molar-refractivity contribution in [3.63, 3.8) is 0 Å². The summed E-state index contributed by atoms with van der Waals surface area (Å²) in [4.78, 5) is 18.2. The Morgan fingerprint density at radius 2 is 1.46 bits per heavy atom. The van der Waals surface area contributed by atoms with E-state index in [9.17, 15) is 18.3 Å². The minimum absolute atomic E-state index is 0.0113. The number of para-hydroxylation sites is 1.